The molecule has 1 aliphatic rings. The van der Waals surface area contributed by atoms with E-state index in [9.17, 15) is 4.79 Å². The molecule has 0 radical (unpaired) electrons. The van der Waals surface area contributed by atoms with Gasteiger partial charge in [0.1, 0.15) is 5.60 Å². The Hall–Kier alpha value is -1.20. The van der Waals surface area contributed by atoms with Gasteiger partial charge in [0.05, 0.1) is 0 Å². The SMILES string of the molecule is CC(C)(C)OC(=O)N1CC[C@H](NCCc2ccccc2S)C1. The topological polar surface area (TPSA) is 41.6 Å². The van der Waals surface area contributed by atoms with Crippen LogP contribution in [-0.4, -0.2) is 42.3 Å². The molecule has 0 aromatic heterocycles. The van der Waals surface area contributed by atoms with Gasteiger partial charge in [0, 0.05) is 24.0 Å². The Morgan fingerprint density at radius 3 is 2.82 bits per heavy atom. The van der Waals surface area contributed by atoms with E-state index in [1.807, 2.05) is 39.0 Å². The zero-order valence-electron chi connectivity index (χ0n) is 13.6. The number of hydrogen-bond acceptors (Lipinski definition) is 4. The van der Waals surface area contributed by atoms with Gasteiger partial charge in [-0.3, -0.25) is 0 Å². The van der Waals surface area contributed by atoms with Gasteiger partial charge in [-0.25, -0.2) is 4.79 Å². The second-order valence-electron chi connectivity index (χ2n) is 6.74. The summed E-state index contributed by atoms with van der Waals surface area (Å²) in [7, 11) is 0. The Morgan fingerprint density at radius 2 is 2.14 bits per heavy atom. The zero-order chi connectivity index (χ0) is 16.2. The Morgan fingerprint density at radius 1 is 1.41 bits per heavy atom. The smallest absolute Gasteiger partial charge is 0.410 e. The number of nitrogens with one attached hydrogen (secondary N) is 1. The number of nitrogens with zero attached hydrogens (tertiary/aromatic N) is 1. The summed E-state index contributed by atoms with van der Waals surface area (Å²) in [5, 5.41) is 3.52. The summed E-state index contributed by atoms with van der Waals surface area (Å²) in [4.78, 5) is 14.8. The lowest BCUT2D eigenvalue weighted by atomic mass is 10.1. The lowest BCUT2D eigenvalue weighted by Gasteiger charge is -2.24. The predicted octanol–water partition coefficient (Wildman–Crippen LogP) is 3.12. The fourth-order valence-corrected chi connectivity index (χ4v) is 2.82. The fourth-order valence-electron chi connectivity index (χ4n) is 2.55. The number of amides is 1. The van der Waals surface area contributed by atoms with E-state index in [4.69, 9.17) is 4.74 Å². The standard InChI is InChI=1S/C17H26N2O2S/c1-17(2,3)21-16(20)19-11-9-14(12-19)18-10-8-13-6-4-5-7-15(13)22/h4-7,14,18,22H,8-12H2,1-3H3/t14-/m0/s1. The number of carbonyl (C=O) groups is 1. The van der Waals surface area contributed by atoms with Crippen molar-refractivity contribution in [2.45, 2.75) is 50.2 Å². The monoisotopic (exact) mass is 322 g/mol. The molecule has 5 heteroatoms. The molecule has 0 aliphatic carbocycles. The highest BCUT2D eigenvalue weighted by atomic mass is 32.1. The van der Waals surface area contributed by atoms with Gasteiger partial charge in [0.25, 0.3) is 0 Å². The number of carbonyl (C=O) groups excluding carboxylic acids is 1. The summed E-state index contributed by atoms with van der Waals surface area (Å²) in [6, 6.07) is 8.49. The molecule has 122 valence electrons. The molecule has 1 aromatic carbocycles. The number of benzene rings is 1. The van der Waals surface area contributed by atoms with Gasteiger partial charge < -0.3 is 15.0 Å². The number of thiol groups is 1. The molecule has 2 rings (SSSR count). The Labute approximate surface area is 138 Å². The van der Waals surface area contributed by atoms with Crippen molar-refractivity contribution in [3.8, 4) is 0 Å². The molecule has 22 heavy (non-hydrogen) atoms. The molecule has 0 bridgehead atoms. The van der Waals surface area contributed by atoms with Gasteiger partial charge in [-0.15, -0.1) is 12.6 Å². The van der Waals surface area contributed by atoms with E-state index in [1.165, 1.54) is 5.56 Å². The van der Waals surface area contributed by atoms with Crippen molar-refractivity contribution in [2.75, 3.05) is 19.6 Å². The van der Waals surface area contributed by atoms with Crippen molar-refractivity contribution in [1.82, 2.24) is 10.2 Å². The van der Waals surface area contributed by atoms with E-state index in [1.54, 1.807) is 4.90 Å². The Kier molecular flexibility index (Phi) is 5.75. The average molecular weight is 322 g/mol. The molecule has 1 aromatic rings. The average Bonchev–Trinajstić information content (AvgIpc) is 2.88. The van der Waals surface area contributed by atoms with Crippen molar-refractivity contribution >= 4 is 18.7 Å². The minimum absolute atomic E-state index is 0.211. The first-order chi connectivity index (χ1) is 10.3. The molecule has 1 N–H and O–H groups in total. The quantitative estimate of drug-likeness (QED) is 0.837. The second-order valence-corrected chi connectivity index (χ2v) is 7.23. The van der Waals surface area contributed by atoms with E-state index in [-0.39, 0.29) is 6.09 Å². The van der Waals surface area contributed by atoms with E-state index < -0.39 is 5.60 Å². The summed E-state index contributed by atoms with van der Waals surface area (Å²) >= 11 is 4.46. The van der Waals surface area contributed by atoms with Gasteiger partial charge in [-0.2, -0.15) is 0 Å². The van der Waals surface area contributed by atoms with Gasteiger partial charge in [0.2, 0.25) is 0 Å². The first-order valence-electron chi connectivity index (χ1n) is 7.83. The minimum atomic E-state index is -0.432. The molecule has 1 amide bonds. The molecular formula is C17H26N2O2S. The van der Waals surface area contributed by atoms with Crippen molar-refractivity contribution in [2.24, 2.45) is 0 Å². The number of likely N-dealkylation sites (tertiary alicyclic amines) is 1. The summed E-state index contributed by atoms with van der Waals surface area (Å²) in [5.41, 5.74) is 0.819. The highest BCUT2D eigenvalue weighted by Crippen LogP contribution is 2.16. The summed E-state index contributed by atoms with van der Waals surface area (Å²) < 4.78 is 5.41. The van der Waals surface area contributed by atoms with Crippen LogP contribution >= 0.6 is 12.6 Å². The Bertz CT molecular complexity index is 514. The molecular weight excluding hydrogens is 296 g/mol. The van der Waals surface area contributed by atoms with Crippen LogP contribution < -0.4 is 5.32 Å². The van der Waals surface area contributed by atoms with Crippen LogP contribution in [0, 0.1) is 0 Å². The van der Waals surface area contributed by atoms with Crippen molar-refractivity contribution < 1.29 is 9.53 Å². The number of hydrogen-bond donors (Lipinski definition) is 2. The third-order valence-electron chi connectivity index (χ3n) is 3.66. The van der Waals surface area contributed by atoms with Crippen molar-refractivity contribution in [1.29, 1.82) is 0 Å². The fraction of sp³-hybridized carbons (Fsp3) is 0.588. The molecule has 1 saturated heterocycles. The van der Waals surface area contributed by atoms with Gasteiger partial charge >= 0.3 is 6.09 Å². The van der Waals surface area contributed by atoms with Crippen molar-refractivity contribution in [3.63, 3.8) is 0 Å². The molecule has 1 atom stereocenters. The van der Waals surface area contributed by atoms with Crippen LogP contribution in [0.15, 0.2) is 29.2 Å². The van der Waals surface area contributed by atoms with Crippen molar-refractivity contribution in [3.05, 3.63) is 29.8 Å². The van der Waals surface area contributed by atoms with Gasteiger partial charge in [0.15, 0.2) is 0 Å². The summed E-state index contributed by atoms with van der Waals surface area (Å²) in [5.74, 6) is 0. The van der Waals surface area contributed by atoms with Crippen LogP contribution in [0.5, 0.6) is 0 Å². The van der Waals surface area contributed by atoms with E-state index in [2.05, 4.69) is 24.0 Å². The summed E-state index contributed by atoms with van der Waals surface area (Å²) in [6.07, 6.45) is 1.71. The van der Waals surface area contributed by atoms with E-state index >= 15 is 0 Å². The maximum Gasteiger partial charge on any atom is 0.410 e. The molecule has 1 fully saturated rings. The van der Waals surface area contributed by atoms with Gasteiger partial charge in [-0.1, -0.05) is 18.2 Å². The first-order valence-corrected chi connectivity index (χ1v) is 8.28. The molecule has 4 nitrogen and oxygen atoms in total. The normalized spacial score (nSPS) is 18.5. The van der Waals surface area contributed by atoms with Crippen LogP contribution in [-0.2, 0) is 11.2 Å². The van der Waals surface area contributed by atoms with Crippen LogP contribution in [0.3, 0.4) is 0 Å². The van der Waals surface area contributed by atoms with E-state index in [0.717, 1.165) is 37.4 Å². The predicted molar refractivity (Wildman–Crippen MR) is 91.6 cm³/mol. The summed E-state index contributed by atoms with van der Waals surface area (Å²) in [6.45, 7) is 8.06. The van der Waals surface area contributed by atoms with Crippen LogP contribution in [0.1, 0.15) is 32.8 Å². The van der Waals surface area contributed by atoms with Gasteiger partial charge in [-0.05, 0) is 51.8 Å². The maximum absolute atomic E-state index is 12.0. The molecule has 1 heterocycles. The zero-order valence-corrected chi connectivity index (χ0v) is 14.5. The highest BCUT2D eigenvalue weighted by Gasteiger charge is 2.29. The maximum atomic E-state index is 12.0. The Balaban J connectivity index is 1.73. The second kappa shape index (κ2) is 7.38. The lowest BCUT2D eigenvalue weighted by Crippen LogP contribution is -2.38. The molecule has 0 unspecified atom stereocenters. The molecule has 1 aliphatic heterocycles. The first kappa shape index (κ1) is 17.2. The van der Waals surface area contributed by atoms with E-state index in [0.29, 0.717) is 6.04 Å². The van der Waals surface area contributed by atoms with Crippen LogP contribution in [0.2, 0.25) is 0 Å². The number of ether oxygens (including phenoxy) is 1. The highest BCUT2D eigenvalue weighted by molar-refractivity contribution is 7.80. The number of rotatable bonds is 4. The molecule has 0 saturated carbocycles. The lowest BCUT2D eigenvalue weighted by molar-refractivity contribution is 0.0291. The third-order valence-corrected chi connectivity index (χ3v) is 4.10. The van der Waals surface area contributed by atoms with Crippen LogP contribution in [0.25, 0.3) is 0 Å². The minimum Gasteiger partial charge on any atom is -0.444 e. The molecule has 0 spiro atoms. The third kappa shape index (κ3) is 5.21. The largest absolute Gasteiger partial charge is 0.444 e. The van der Waals surface area contributed by atoms with Crippen LogP contribution in [0.4, 0.5) is 4.79 Å².